The minimum atomic E-state index is -0.452. The second kappa shape index (κ2) is 10.5. The first-order chi connectivity index (χ1) is 12.6. The largest absolute Gasteiger partial charge is 0.492 e. The number of ether oxygens (including phenoxy) is 3. The van der Waals surface area contributed by atoms with Gasteiger partial charge in [0.2, 0.25) is 5.91 Å². The summed E-state index contributed by atoms with van der Waals surface area (Å²) >= 11 is 3.41. The van der Waals surface area contributed by atoms with Crippen LogP contribution in [0.2, 0.25) is 0 Å². The van der Waals surface area contributed by atoms with Gasteiger partial charge in [0.1, 0.15) is 11.5 Å². The summed E-state index contributed by atoms with van der Waals surface area (Å²) in [6, 6.07) is 14.4. The number of amides is 1. The number of hydrogen-bond acceptors (Lipinski definition) is 5. The van der Waals surface area contributed by atoms with Gasteiger partial charge in [0.15, 0.2) is 6.61 Å². The zero-order valence-corrected chi connectivity index (χ0v) is 16.0. The van der Waals surface area contributed by atoms with E-state index in [1.54, 1.807) is 24.3 Å². The smallest absolute Gasteiger partial charge is 0.343 e. The first-order valence-corrected chi connectivity index (χ1v) is 8.84. The molecule has 1 amide bonds. The molecule has 0 unspecified atom stereocenters. The minimum Gasteiger partial charge on any atom is -0.492 e. The van der Waals surface area contributed by atoms with Crippen molar-refractivity contribution in [3.05, 3.63) is 53.0 Å². The third-order valence-electron chi connectivity index (χ3n) is 3.36. The first kappa shape index (κ1) is 19.8. The lowest BCUT2D eigenvalue weighted by Crippen LogP contribution is -2.13. The molecule has 7 heteroatoms. The number of nitrogens with one attached hydrogen (secondary N) is 1. The van der Waals surface area contributed by atoms with Crippen molar-refractivity contribution in [2.75, 3.05) is 25.6 Å². The van der Waals surface area contributed by atoms with Crippen molar-refractivity contribution in [2.24, 2.45) is 0 Å². The number of hydrogen-bond donors (Lipinski definition) is 1. The van der Waals surface area contributed by atoms with Gasteiger partial charge in [0, 0.05) is 12.1 Å². The molecule has 2 rings (SSSR count). The molecule has 6 nitrogen and oxygen atoms in total. The summed E-state index contributed by atoms with van der Waals surface area (Å²) in [6.07, 6.45) is 0.957. The van der Waals surface area contributed by atoms with Gasteiger partial charge in [0.05, 0.1) is 18.2 Å². The summed E-state index contributed by atoms with van der Waals surface area (Å²) in [5.74, 6) is 0.738. The Kier molecular flexibility index (Phi) is 7.95. The molecule has 0 aromatic heterocycles. The van der Waals surface area contributed by atoms with Crippen LogP contribution in [0.1, 0.15) is 12.8 Å². The van der Waals surface area contributed by atoms with Gasteiger partial charge in [-0.1, -0.05) is 12.1 Å². The van der Waals surface area contributed by atoms with Crippen molar-refractivity contribution in [3.63, 3.8) is 0 Å². The van der Waals surface area contributed by atoms with Crippen LogP contribution < -0.4 is 14.8 Å². The summed E-state index contributed by atoms with van der Waals surface area (Å²) in [5.41, 5.74) is 0.659. The highest BCUT2D eigenvalue weighted by Crippen LogP contribution is 2.24. The topological polar surface area (TPSA) is 73.9 Å². The second-order valence-corrected chi connectivity index (χ2v) is 6.17. The molecule has 0 aliphatic carbocycles. The first-order valence-electron chi connectivity index (χ1n) is 8.05. The fourth-order valence-electron chi connectivity index (χ4n) is 2.04. The maximum atomic E-state index is 12.0. The van der Waals surface area contributed by atoms with E-state index in [9.17, 15) is 9.59 Å². The van der Waals surface area contributed by atoms with Crippen LogP contribution in [0, 0.1) is 0 Å². The highest BCUT2D eigenvalue weighted by atomic mass is 79.9. The highest BCUT2D eigenvalue weighted by molar-refractivity contribution is 9.10. The molecule has 1 N–H and O–H groups in total. The minimum absolute atomic E-state index is 0.0936. The Morgan fingerprint density at radius 1 is 1.04 bits per heavy atom. The van der Waals surface area contributed by atoms with Crippen LogP contribution in [0.5, 0.6) is 11.5 Å². The molecule has 0 heterocycles. The zero-order valence-electron chi connectivity index (χ0n) is 14.4. The maximum Gasteiger partial charge on any atom is 0.343 e. The lowest BCUT2D eigenvalue weighted by Gasteiger charge is -2.09. The predicted octanol–water partition coefficient (Wildman–Crippen LogP) is 3.80. The van der Waals surface area contributed by atoms with E-state index in [-0.39, 0.29) is 12.5 Å². The van der Waals surface area contributed by atoms with Crippen molar-refractivity contribution < 1.29 is 23.8 Å². The molecule has 0 saturated heterocycles. The van der Waals surface area contributed by atoms with Gasteiger partial charge >= 0.3 is 5.97 Å². The van der Waals surface area contributed by atoms with Gasteiger partial charge in [-0.2, -0.15) is 0 Å². The van der Waals surface area contributed by atoms with Gasteiger partial charge in [-0.05, 0) is 58.7 Å². The maximum absolute atomic E-state index is 12.0. The van der Waals surface area contributed by atoms with E-state index >= 15 is 0 Å². The van der Waals surface area contributed by atoms with Gasteiger partial charge in [0.25, 0.3) is 0 Å². The molecule has 0 fully saturated rings. The van der Waals surface area contributed by atoms with Crippen molar-refractivity contribution >= 4 is 33.5 Å². The third kappa shape index (κ3) is 6.76. The van der Waals surface area contributed by atoms with Gasteiger partial charge < -0.3 is 19.5 Å². The number of halogens is 1. The van der Waals surface area contributed by atoms with Crippen LogP contribution in [0.25, 0.3) is 0 Å². The van der Waals surface area contributed by atoms with E-state index in [0.717, 1.165) is 10.2 Å². The predicted molar refractivity (Wildman–Crippen MR) is 101 cm³/mol. The van der Waals surface area contributed by atoms with Crippen molar-refractivity contribution in [2.45, 2.75) is 12.8 Å². The Hall–Kier alpha value is -2.54. The quantitative estimate of drug-likeness (QED) is 0.492. The Balaban J connectivity index is 1.69. The Morgan fingerprint density at radius 3 is 2.46 bits per heavy atom. The SMILES string of the molecule is COC(=O)COc1ccc(NC(=O)CCCOc2ccccc2Br)cc1. The average molecular weight is 422 g/mol. The number of carbonyl (C=O) groups is 2. The van der Waals surface area contributed by atoms with Gasteiger partial charge in [-0.15, -0.1) is 0 Å². The van der Waals surface area contributed by atoms with Crippen molar-refractivity contribution in [3.8, 4) is 11.5 Å². The number of esters is 1. The van der Waals surface area contributed by atoms with Gasteiger partial charge in [-0.3, -0.25) is 4.79 Å². The number of para-hydroxylation sites is 1. The van der Waals surface area contributed by atoms with E-state index in [1.165, 1.54) is 7.11 Å². The number of anilines is 1. The molecule has 0 aliphatic rings. The standard InChI is InChI=1S/C19H20BrNO5/c1-24-19(23)13-26-15-10-8-14(9-11-15)21-18(22)7-4-12-25-17-6-3-2-5-16(17)20/h2-3,5-6,8-11H,4,7,12-13H2,1H3,(H,21,22). The van der Waals surface area contributed by atoms with E-state index in [4.69, 9.17) is 9.47 Å². The molecule has 0 spiro atoms. The van der Waals surface area contributed by atoms with Crippen molar-refractivity contribution in [1.29, 1.82) is 0 Å². The molecule has 0 saturated carbocycles. The normalized spacial score (nSPS) is 10.1. The van der Waals surface area contributed by atoms with Crippen molar-refractivity contribution in [1.82, 2.24) is 0 Å². The lowest BCUT2D eigenvalue weighted by molar-refractivity contribution is -0.142. The van der Waals surface area contributed by atoms with Crippen LogP contribution in [-0.4, -0.2) is 32.2 Å². The summed E-state index contributed by atoms with van der Waals surface area (Å²) in [6.45, 7) is 0.302. The van der Waals surface area contributed by atoms with Crippen LogP contribution in [0.15, 0.2) is 53.0 Å². The summed E-state index contributed by atoms with van der Waals surface area (Å²) in [7, 11) is 1.30. The van der Waals surface area contributed by atoms with E-state index < -0.39 is 5.97 Å². The second-order valence-electron chi connectivity index (χ2n) is 5.32. The molecule has 0 atom stereocenters. The average Bonchev–Trinajstić information content (AvgIpc) is 2.65. The van der Waals surface area contributed by atoms with Crippen LogP contribution >= 0.6 is 15.9 Å². The molecular weight excluding hydrogens is 402 g/mol. The number of rotatable bonds is 9. The van der Waals surface area contributed by atoms with Crippen LogP contribution in [0.3, 0.4) is 0 Å². The number of benzene rings is 2. The summed E-state index contributed by atoms with van der Waals surface area (Å²) in [4.78, 5) is 23.0. The molecule has 0 radical (unpaired) electrons. The summed E-state index contributed by atoms with van der Waals surface area (Å²) < 4.78 is 16.3. The van der Waals surface area contributed by atoms with Crippen LogP contribution in [0.4, 0.5) is 5.69 Å². The fraction of sp³-hybridized carbons (Fsp3) is 0.263. The molecule has 0 bridgehead atoms. The molecule has 0 aliphatic heterocycles. The highest BCUT2D eigenvalue weighted by Gasteiger charge is 2.05. The van der Waals surface area contributed by atoms with E-state index in [2.05, 4.69) is 26.0 Å². The van der Waals surface area contributed by atoms with Crippen LogP contribution in [-0.2, 0) is 14.3 Å². The van der Waals surface area contributed by atoms with E-state index in [1.807, 2.05) is 24.3 Å². The number of carbonyl (C=O) groups excluding carboxylic acids is 2. The molecule has 26 heavy (non-hydrogen) atoms. The molecule has 2 aromatic carbocycles. The number of methoxy groups -OCH3 is 1. The molecule has 138 valence electrons. The Morgan fingerprint density at radius 2 is 1.77 bits per heavy atom. The molecule has 2 aromatic rings. The third-order valence-corrected chi connectivity index (χ3v) is 4.02. The van der Waals surface area contributed by atoms with E-state index in [0.29, 0.717) is 30.9 Å². The monoisotopic (exact) mass is 421 g/mol. The lowest BCUT2D eigenvalue weighted by atomic mass is 10.2. The zero-order chi connectivity index (χ0) is 18.8. The summed E-state index contributed by atoms with van der Waals surface area (Å²) in [5, 5.41) is 2.80. The Bertz CT molecular complexity index is 733. The molecular formula is C19H20BrNO5. The van der Waals surface area contributed by atoms with Gasteiger partial charge in [-0.25, -0.2) is 4.79 Å². The fourth-order valence-corrected chi connectivity index (χ4v) is 2.44. The Labute approximate surface area is 160 Å².